The smallest absolute Gasteiger partial charge is 0.409 e. The molecule has 1 rings (SSSR count). The van der Waals surface area contributed by atoms with Crippen LogP contribution in [-0.2, 0) is 9.47 Å². The summed E-state index contributed by atoms with van der Waals surface area (Å²) in [5.41, 5.74) is 5.91. The fourth-order valence-electron chi connectivity index (χ4n) is 2.41. The van der Waals surface area contributed by atoms with Crippen LogP contribution in [0.25, 0.3) is 0 Å². The van der Waals surface area contributed by atoms with Crippen LogP contribution in [0.4, 0.5) is 4.79 Å². The molecule has 7 heteroatoms. The van der Waals surface area contributed by atoms with Crippen molar-refractivity contribution in [2.24, 2.45) is 10.7 Å². The Labute approximate surface area is 139 Å². The SMILES string of the molecule is CCOC(=O)N1CCC(NC(N)=NCCCCOC(C)C)CC1. The number of piperidine rings is 1. The van der Waals surface area contributed by atoms with Crippen molar-refractivity contribution in [1.82, 2.24) is 10.2 Å². The molecule has 134 valence electrons. The molecule has 1 amide bonds. The van der Waals surface area contributed by atoms with Crippen LogP contribution in [0.5, 0.6) is 0 Å². The van der Waals surface area contributed by atoms with Gasteiger partial charge in [-0.3, -0.25) is 4.99 Å². The molecule has 0 aliphatic carbocycles. The van der Waals surface area contributed by atoms with E-state index < -0.39 is 0 Å². The van der Waals surface area contributed by atoms with Crippen LogP contribution in [0, 0.1) is 0 Å². The third-order valence-electron chi connectivity index (χ3n) is 3.66. The van der Waals surface area contributed by atoms with E-state index in [-0.39, 0.29) is 18.2 Å². The minimum absolute atomic E-state index is 0.226. The summed E-state index contributed by atoms with van der Waals surface area (Å²) in [6, 6.07) is 0.272. The molecule has 1 aliphatic rings. The molecule has 1 saturated heterocycles. The van der Waals surface area contributed by atoms with E-state index in [9.17, 15) is 4.79 Å². The Kier molecular flexibility index (Phi) is 9.43. The lowest BCUT2D eigenvalue weighted by atomic mass is 10.1. The number of carbonyl (C=O) groups is 1. The second-order valence-corrected chi connectivity index (χ2v) is 6.00. The Morgan fingerprint density at radius 1 is 1.35 bits per heavy atom. The summed E-state index contributed by atoms with van der Waals surface area (Å²) in [6.07, 6.45) is 3.74. The first kappa shape index (κ1) is 19.5. The molecule has 0 atom stereocenters. The first-order valence-electron chi connectivity index (χ1n) is 8.62. The van der Waals surface area contributed by atoms with Crippen molar-refractivity contribution in [2.45, 2.75) is 58.6 Å². The zero-order valence-corrected chi connectivity index (χ0v) is 14.7. The molecule has 0 bridgehead atoms. The van der Waals surface area contributed by atoms with Crippen LogP contribution in [0.15, 0.2) is 4.99 Å². The van der Waals surface area contributed by atoms with Crippen LogP contribution in [0.3, 0.4) is 0 Å². The number of amides is 1. The maximum absolute atomic E-state index is 11.6. The highest BCUT2D eigenvalue weighted by Crippen LogP contribution is 2.11. The molecule has 0 aromatic heterocycles. The largest absolute Gasteiger partial charge is 0.450 e. The Hall–Kier alpha value is -1.50. The minimum Gasteiger partial charge on any atom is -0.450 e. The summed E-state index contributed by atoms with van der Waals surface area (Å²) in [4.78, 5) is 17.7. The Morgan fingerprint density at radius 2 is 2.04 bits per heavy atom. The van der Waals surface area contributed by atoms with Crippen LogP contribution in [-0.4, -0.2) is 61.9 Å². The molecule has 1 fully saturated rings. The van der Waals surface area contributed by atoms with Gasteiger partial charge < -0.3 is 25.4 Å². The molecular weight excluding hydrogens is 296 g/mol. The van der Waals surface area contributed by atoms with Gasteiger partial charge in [-0.25, -0.2) is 4.79 Å². The molecule has 7 nitrogen and oxygen atoms in total. The van der Waals surface area contributed by atoms with Gasteiger partial charge in [0, 0.05) is 32.3 Å². The molecule has 0 aromatic carbocycles. The summed E-state index contributed by atoms with van der Waals surface area (Å²) < 4.78 is 10.5. The average molecular weight is 328 g/mol. The number of ether oxygens (including phenoxy) is 2. The van der Waals surface area contributed by atoms with Crippen LogP contribution in [0.2, 0.25) is 0 Å². The van der Waals surface area contributed by atoms with Crippen molar-refractivity contribution < 1.29 is 14.3 Å². The number of carbonyl (C=O) groups excluding carboxylic acids is 1. The van der Waals surface area contributed by atoms with Gasteiger partial charge >= 0.3 is 6.09 Å². The lowest BCUT2D eigenvalue weighted by Crippen LogP contribution is -2.48. The number of guanidine groups is 1. The summed E-state index contributed by atoms with van der Waals surface area (Å²) in [5.74, 6) is 0.490. The summed E-state index contributed by atoms with van der Waals surface area (Å²) in [6.45, 7) is 9.17. The highest BCUT2D eigenvalue weighted by Gasteiger charge is 2.23. The monoisotopic (exact) mass is 328 g/mol. The van der Waals surface area contributed by atoms with E-state index >= 15 is 0 Å². The molecule has 23 heavy (non-hydrogen) atoms. The summed E-state index contributed by atoms with van der Waals surface area (Å²) in [7, 11) is 0. The van der Waals surface area contributed by atoms with Crippen LogP contribution in [0.1, 0.15) is 46.5 Å². The zero-order chi connectivity index (χ0) is 17.1. The molecule has 0 aromatic rings. The van der Waals surface area contributed by atoms with Crippen molar-refractivity contribution in [1.29, 1.82) is 0 Å². The first-order chi connectivity index (χ1) is 11.0. The van der Waals surface area contributed by atoms with E-state index in [1.54, 1.807) is 4.90 Å². The van der Waals surface area contributed by atoms with Crippen LogP contribution >= 0.6 is 0 Å². The molecule has 0 spiro atoms. The molecule has 0 radical (unpaired) electrons. The van der Waals surface area contributed by atoms with Gasteiger partial charge in [-0.15, -0.1) is 0 Å². The van der Waals surface area contributed by atoms with E-state index in [1.165, 1.54) is 0 Å². The zero-order valence-electron chi connectivity index (χ0n) is 14.7. The summed E-state index contributed by atoms with van der Waals surface area (Å²) in [5, 5.41) is 3.24. The van der Waals surface area contributed by atoms with E-state index in [0.29, 0.717) is 32.2 Å². The maximum atomic E-state index is 11.6. The molecular formula is C16H32N4O3. The predicted molar refractivity (Wildman–Crippen MR) is 91.6 cm³/mol. The second kappa shape index (κ2) is 11.1. The number of aliphatic imine (C=N–C) groups is 1. The molecule has 1 aliphatic heterocycles. The van der Waals surface area contributed by atoms with Crippen molar-refractivity contribution in [3.8, 4) is 0 Å². The van der Waals surface area contributed by atoms with E-state index in [2.05, 4.69) is 10.3 Å². The van der Waals surface area contributed by atoms with E-state index in [0.717, 1.165) is 32.3 Å². The minimum atomic E-state index is -0.226. The lowest BCUT2D eigenvalue weighted by molar-refractivity contribution is 0.0763. The molecule has 3 N–H and O–H groups in total. The topological polar surface area (TPSA) is 89.2 Å². The fourth-order valence-corrected chi connectivity index (χ4v) is 2.41. The van der Waals surface area contributed by atoms with Crippen molar-refractivity contribution in [3.05, 3.63) is 0 Å². The normalized spacial score (nSPS) is 16.7. The van der Waals surface area contributed by atoms with E-state index in [4.69, 9.17) is 15.2 Å². The fraction of sp³-hybridized carbons (Fsp3) is 0.875. The lowest BCUT2D eigenvalue weighted by Gasteiger charge is -2.31. The van der Waals surface area contributed by atoms with Gasteiger partial charge in [0.1, 0.15) is 0 Å². The Morgan fingerprint density at radius 3 is 2.65 bits per heavy atom. The van der Waals surface area contributed by atoms with Crippen LogP contribution < -0.4 is 11.1 Å². The van der Waals surface area contributed by atoms with Gasteiger partial charge in [0.15, 0.2) is 5.96 Å². The van der Waals surface area contributed by atoms with Gasteiger partial charge in [-0.05, 0) is 46.5 Å². The standard InChI is InChI=1S/C16H32N4O3/c1-4-22-16(21)20-10-7-14(8-11-20)19-15(17)18-9-5-6-12-23-13(2)3/h13-14H,4-12H2,1-3H3,(H3,17,18,19). The van der Waals surface area contributed by atoms with E-state index in [1.807, 2.05) is 20.8 Å². The molecule has 1 heterocycles. The Bertz CT molecular complexity index is 366. The number of hydrogen-bond acceptors (Lipinski definition) is 4. The van der Waals surface area contributed by atoms with Gasteiger partial charge in [0.2, 0.25) is 0 Å². The highest BCUT2D eigenvalue weighted by molar-refractivity contribution is 5.78. The average Bonchev–Trinajstić information content (AvgIpc) is 2.51. The van der Waals surface area contributed by atoms with Crippen molar-refractivity contribution in [3.63, 3.8) is 0 Å². The van der Waals surface area contributed by atoms with Gasteiger partial charge in [0.25, 0.3) is 0 Å². The summed E-state index contributed by atoms with van der Waals surface area (Å²) >= 11 is 0. The van der Waals surface area contributed by atoms with Gasteiger partial charge in [0.05, 0.1) is 12.7 Å². The van der Waals surface area contributed by atoms with Crippen molar-refractivity contribution in [2.75, 3.05) is 32.8 Å². The highest BCUT2D eigenvalue weighted by atomic mass is 16.6. The third kappa shape index (κ3) is 8.64. The number of nitrogens with two attached hydrogens (primary N) is 1. The van der Waals surface area contributed by atoms with Gasteiger partial charge in [-0.1, -0.05) is 0 Å². The Balaban J connectivity index is 2.14. The quantitative estimate of drug-likeness (QED) is 0.402. The predicted octanol–water partition coefficient (Wildman–Crippen LogP) is 1.72. The number of nitrogens with zero attached hydrogens (tertiary/aromatic N) is 2. The molecule has 0 saturated carbocycles. The second-order valence-electron chi connectivity index (χ2n) is 6.00. The maximum Gasteiger partial charge on any atom is 0.409 e. The first-order valence-corrected chi connectivity index (χ1v) is 8.62. The number of nitrogens with one attached hydrogen (secondary N) is 1. The van der Waals surface area contributed by atoms with Crippen molar-refractivity contribution >= 4 is 12.1 Å². The van der Waals surface area contributed by atoms with Gasteiger partial charge in [-0.2, -0.15) is 0 Å². The number of unbranched alkanes of at least 4 members (excludes halogenated alkanes) is 1. The molecule has 0 unspecified atom stereocenters. The number of hydrogen-bond donors (Lipinski definition) is 2. The number of likely N-dealkylation sites (tertiary alicyclic amines) is 1. The third-order valence-corrected chi connectivity index (χ3v) is 3.66. The number of rotatable bonds is 8.